The predicted octanol–water partition coefficient (Wildman–Crippen LogP) is 12.0. The van der Waals surface area contributed by atoms with E-state index in [1.807, 2.05) is 12.1 Å². The Bertz CT molecular complexity index is 2720. The summed E-state index contributed by atoms with van der Waals surface area (Å²) in [5, 5.41) is 4.94. The standard InChI is InChI=1S/C47H33N3/c1-47(2)39-26-25-33(28-38(39)44-34-19-10-9-14-30(34)24-27-40(44)47)35-21-13-22-37-36-20-11-12-23-43(36)50(45(35)37)46-48-41(31-15-5-3-6-16-31)29-42(49-46)32-17-7-4-8-18-32/h3-29H,1-2H3. The van der Waals surface area contributed by atoms with Crippen molar-refractivity contribution in [2.75, 3.05) is 0 Å². The van der Waals surface area contributed by atoms with Crippen LogP contribution >= 0.6 is 0 Å². The number of para-hydroxylation sites is 2. The van der Waals surface area contributed by atoms with Crippen LogP contribution in [0.2, 0.25) is 0 Å². The molecule has 0 bridgehead atoms. The van der Waals surface area contributed by atoms with Crippen molar-refractivity contribution in [3.63, 3.8) is 0 Å². The van der Waals surface area contributed by atoms with Crippen molar-refractivity contribution in [1.82, 2.24) is 14.5 Å². The zero-order valence-corrected chi connectivity index (χ0v) is 27.9. The van der Waals surface area contributed by atoms with Gasteiger partial charge in [0.15, 0.2) is 0 Å². The summed E-state index contributed by atoms with van der Waals surface area (Å²) in [7, 11) is 0. The first-order valence-electron chi connectivity index (χ1n) is 17.3. The highest BCUT2D eigenvalue weighted by Gasteiger charge is 2.36. The second kappa shape index (κ2) is 10.8. The quantitative estimate of drug-likeness (QED) is 0.192. The van der Waals surface area contributed by atoms with Gasteiger partial charge in [0.25, 0.3) is 0 Å². The average Bonchev–Trinajstić information content (AvgIpc) is 3.64. The Hall–Kier alpha value is -6.32. The minimum Gasteiger partial charge on any atom is -0.277 e. The minimum absolute atomic E-state index is 0.0896. The first-order chi connectivity index (χ1) is 24.6. The van der Waals surface area contributed by atoms with E-state index in [1.165, 1.54) is 49.4 Å². The van der Waals surface area contributed by atoms with Gasteiger partial charge < -0.3 is 0 Å². The fourth-order valence-corrected chi connectivity index (χ4v) is 8.20. The fraction of sp³-hybridized carbons (Fsp3) is 0.0638. The Labute approximate surface area is 291 Å². The van der Waals surface area contributed by atoms with Crippen LogP contribution in [0.25, 0.3) is 83.3 Å². The summed E-state index contributed by atoms with van der Waals surface area (Å²) in [6, 6.07) is 58.7. The molecule has 0 atom stereocenters. The maximum absolute atomic E-state index is 5.30. The minimum atomic E-state index is -0.0896. The molecule has 0 amide bonds. The molecule has 3 nitrogen and oxygen atoms in total. The summed E-state index contributed by atoms with van der Waals surface area (Å²) >= 11 is 0. The van der Waals surface area contributed by atoms with Crippen molar-refractivity contribution < 1.29 is 0 Å². The molecule has 236 valence electrons. The Morgan fingerprint density at radius 2 is 1.08 bits per heavy atom. The van der Waals surface area contributed by atoms with Crippen LogP contribution in [0.4, 0.5) is 0 Å². The van der Waals surface area contributed by atoms with Crippen LogP contribution in [-0.2, 0) is 5.41 Å². The molecule has 7 aromatic carbocycles. The molecule has 0 N–H and O–H groups in total. The summed E-state index contributed by atoms with van der Waals surface area (Å²) in [5.74, 6) is 0.655. The molecule has 2 aromatic heterocycles. The van der Waals surface area contributed by atoms with Crippen LogP contribution in [0.1, 0.15) is 25.0 Å². The third-order valence-electron chi connectivity index (χ3n) is 10.6. The molecule has 2 heterocycles. The Kier molecular flexibility index (Phi) is 6.22. The van der Waals surface area contributed by atoms with E-state index in [-0.39, 0.29) is 5.41 Å². The molecule has 1 aliphatic carbocycles. The average molecular weight is 640 g/mol. The molecule has 10 rings (SSSR count). The topological polar surface area (TPSA) is 30.7 Å². The first-order valence-corrected chi connectivity index (χ1v) is 17.3. The van der Waals surface area contributed by atoms with Crippen molar-refractivity contribution in [3.8, 4) is 50.7 Å². The van der Waals surface area contributed by atoms with Gasteiger partial charge in [-0.25, -0.2) is 9.97 Å². The van der Waals surface area contributed by atoms with Crippen LogP contribution < -0.4 is 0 Å². The van der Waals surface area contributed by atoms with E-state index in [1.54, 1.807) is 0 Å². The normalized spacial score (nSPS) is 13.2. The summed E-state index contributed by atoms with van der Waals surface area (Å²) in [4.78, 5) is 10.6. The zero-order chi connectivity index (χ0) is 33.4. The molecule has 9 aromatic rings. The van der Waals surface area contributed by atoms with Gasteiger partial charge in [0.1, 0.15) is 0 Å². The number of rotatable bonds is 4. The molecule has 0 saturated carbocycles. The lowest BCUT2D eigenvalue weighted by Gasteiger charge is -2.21. The van der Waals surface area contributed by atoms with E-state index in [2.05, 4.69) is 170 Å². The highest BCUT2D eigenvalue weighted by Crippen LogP contribution is 2.52. The zero-order valence-electron chi connectivity index (χ0n) is 27.9. The van der Waals surface area contributed by atoms with E-state index < -0.39 is 0 Å². The molecular weight excluding hydrogens is 607 g/mol. The Balaban J connectivity index is 1.27. The smallest absolute Gasteiger partial charge is 0.235 e. The summed E-state index contributed by atoms with van der Waals surface area (Å²) < 4.78 is 2.28. The third kappa shape index (κ3) is 4.23. The second-order valence-corrected chi connectivity index (χ2v) is 13.8. The molecular formula is C47H33N3. The van der Waals surface area contributed by atoms with E-state index in [0.717, 1.165) is 39.1 Å². The van der Waals surface area contributed by atoms with Gasteiger partial charge in [-0.05, 0) is 56.8 Å². The molecule has 0 unspecified atom stereocenters. The monoisotopic (exact) mass is 639 g/mol. The molecule has 1 aliphatic rings. The summed E-state index contributed by atoms with van der Waals surface area (Å²) in [6.07, 6.45) is 0. The maximum atomic E-state index is 5.30. The Morgan fingerprint density at radius 3 is 1.82 bits per heavy atom. The molecule has 0 radical (unpaired) electrons. The van der Waals surface area contributed by atoms with Crippen molar-refractivity contribution >= 4 is 32.6 Å². The number of fused-ring (bicyclic) bond motifs is 8. The van der Waals surface area contributed by atoms with E-state index in [4.69, 9.17) is 9.97 Å². The fourth-order valence-electron chi connectivity index (χ4n) is 8.20. The van der Waals surface area contributed by atoms with Crippen LogP contribution in [0.3, 0.4) is 0 Å². The SMILES string of the molecule is CC1(C)c2ccc(-c3cccc4c5ccccc5n(-c5nc(-c6ccccc6)cc(-c6ccccc6)n5)c34)cc2-c2c1ccc1ccccc21. The van der Waals surface area contributed by atoms with Gasteiger partial charge in [0.05, 0.1) is 22.4 Å². The molecule has 0 aliphatic heterocycles. The lowest BCUT2D eigenvalue weighted by atomic mass is 9.82. The van der Waals surface area contributed by atoms with Crippen LogP contribution in [0.15, 0.2) is 164 Å². The van der Waals surface area contributed by atoms with Gasteiger partial charge in [-0.2, -0.15) is 0 Å². The van der Waals surface area contributed by atoms with Crippen LogP contribution in [-0.4, -0.2) is 14.5 Å². The molecule has 50 heavy (non-hydrogen) atoms. The maximum Gasteiger partial charge on any atom is 0.235 e. The van der Waals surface area contributed by atoms with E-state index in [0.29, 0.717) is 5.95 Å². The van der Waals surface area contributed by atoms with Crippen molar-refractivity contribution in [2.45, 2.75) is 19.3 Å². The van der Waals surface area contributed by atoms with Crippen LogP contribution in [0, 0.1) is 0 Å². The predicted molar refractivity (Wildman–Crippen MR) is 208 cm³/mol. The lowest BCUT2D eigenvalue weighted by molar-refractivity contribution is 0.661. The Morgan fingerprint density at radius 1 is 0.460 bits per heavy atom. The van der Waals surface area contributed by atoms with Crippen molar-refractivity contribution in [2.24, 2.45) is 0 Å². The van der Waals surface area contributed by atoms with Crippen molar-refractivity contribution in [3.05, 3.63) is 175 Å². The third-order valence-corrected chi connectivity index (χ3v) is 10.6. The number of hydrogen-bond donors (Lipinski definition) is 0. The number of nitrogens with zero attached hydrogens (tertiary/aromatic N) is 3. The largest absolute Gasteiger partial charge is 0.277 e. The number of hydrogen-bond acceptors (Lipinski definition) is 2. The number of aromatic nitrogens is 3. The van der Waals surface area contributed by atoms with E-state index >= 15 is 0 Å². The lowest BCUT2D eigenvalue weighted by Crippen LogP contribution is -2.14. The van der Waals surface area contributed by atoms with Crippen molar-refractivity contribution in [1.29, 1.82) is 0 Å². The highest BCUT2D eigenvalue weighted by molar-refractivity contribution is 6.14. The van der Waals surface area contributed by atoms with Crippen LogP contribution in [0.5, 0.6) is 0 Å². The summed E-state index contributed by atoms with van der Waals surface area (Å²) in [5.41, 5.74) is 13.7. The molecule has 3 heteroatoms. The van der Waals surface area contributed by atoms with Gasteiger partial charge in [0, 0.05) is 32.9 Å². The first kappa shape index (κ1) is 28.7. The van der Waals surface area contributed by atoms with E-state index in [9.17, 15) is 0 Å². The van der Waals surface area contributed by atoms with Gasteiger partial charge in [-0.1, -0.05) is 159 Å². The molecule has 0 saturated heterocycles. The summed E-state index contributed by atoms with van der Waals surface area (Å²) in [6.45, 7) is 4.71. The van der Waals surface area contributed by atoms with Gasteiger partial charge in [0.2, 0.25) is 5.95 Å². The second-order valence-electron chi connectivity index (χ2n) is 13.8. The highest BCUT2D eigenvalue weighted by atomic mass is 15.2. The van der Waals surface area contributed by atoms with Gasteiger partial charge in [-0.3, -0.25) is 4.57 Å². The number of benzene rings is 7. The van der Waals surface area contributed by atoms with Gasteiger partial charge >= 0.3 is 0 Å². The molecule has 0 spiro atoms. The molecule has 0 fully saturated rings. The van der Waals surface area contributed by atoms with Gasteiger partial charge in [-0.15, -0.1) is 0 Å².